The largest absolute Gasteiger partial charge is 0.355 e. The van der Waals surface area contributed by atoms with E-state index in [1.165, 1.54) is 0 Å². The summed E-state index contributed by atoms with van der Waals surface area (Å²) in [5.74, 6) is 2.46. The predicted octanol–water partition coefficient (Wildman–Crippen LogP) is 3.17. The first-order valence-corrected chi connectivity index (χ1v) is 9.13. The summed E-state index contributed by atoms with van der Waals surface area (Å²) >= 11 is 0. The number of hydrogen-bond acceptors (Lipinski definition) is 7. The van der Waals surface area contributed by atoms with Crippen LogP contribution in [-0.2, 0) is 0 Å². The van der Waals surface area contributed by atoms with Gasteiger partial charge in [0.15, 0.2) is 0 Å². The standard InChI is InChI=1S/C20H18N6O/c21-12-14-3-2-8-23-18(14)26-9-5-20(6-10-26)11-16(20)19-24-17(25-27-19)15-4-1-7-22-13-15/h1-4,7-8,13,16H,5-6,9-11H2. The quantitative estimate of drug-likeness (QED) is 0.710. The summed E-state index contributed by atoms with van der Waals surface area (Å²) in [5, 5.41) is 13.4. The van der Waals surface area contributed by atoms with Crippen LogP contribution in [0.2, 0.25) is 0 Å². The molecule has 3 aromatic heterocycles. The minimum absolute atomic E-state index is 0.247. The number of nitriles is 1. The van der Waals surface area contributed by atoms with Crippen molar-refractivity contribution in [3.8, 4) is 17.5 Å². The van der Waals surface area contributed by atoms with E-state index < -0.39 is 0 Å². The summed E-state index contributed by atoms with van der Waals surface area (Å²) in [6.07, 6.45) is 8.40. The number of rotatable bonds is 3. The zero-order chi connectivity index (χ0) is 18.3. The van der Waals surface area contributed by atoms with Gasteiger partial charge in [0.25, 0.3) is 0 Å². The lowest BCUT2D eigenvalue weighted by molar-refractivity contribution is 0.326. The molecule has 4 heterocycles. The van der Waals surface area contributed by atoms with Crippen molar-refractivity contribution in [2.45, 2.75) is 25.2 Å². The van der Waals surface area contributed by atoms with Crippen LogP contribution in [-0.4, -0.2) is 33.2 Å². The smallest absolute Gasteiger partial charge is 0.230 e. The molecule has 1 aliphatic carbocycles. The molecule has 0 radical (unpaired) electrons. The fourth-order valence-electron chi connectivity index (χ4n) is 4.14. The number of nitrogens with zero attached hydrogens (tertiary/aromatic N) is 6. The van der Waals surface area contributed by atoms with E-state index in [2.05, 4.69) is 31.1 Å². The van der Waals surface area contributed by atoms with Crippen molar-refractivity contribution in [2.75, 3.05) is 18.0 Å². The monoisotopic (exact) mass is 358 g/mol. The molecule has 2 fully saturated rings. The summed E-state index contributed by atoms with van der Waals surface area (Å²) < 4.78 is 5.56. The number of pyridine rings is 2. The zero-order valence-electron chi connectivity index (χ0n) is 14.7. The Hall–Kier alpha value is -3.27. The van der Waals surface area contributed by atoms with Gasteiger partial charge in [0, 0.05) is 43.2 Å². The van der Waals surface area contributed by atoms with Crippen molar-refractivity contribution >= 4 is 5.82 Å². The molecule has 134 valence electrons. The minimum atomic E-state index is 0.247. The molecule has 0 bridgehead atoms. The van der Waals surface area contributed by atoms with Crippen LogP contribution in [0.25, 0.3) is 11.4 Å². The maximum Gasteiger partial charge on any atom is 0.230 e. The third-order valence-corrected chi connectivity index (χ3v) is 5.82. The molecule has 1 unspecified atom stereocenters. The Morgan fingerprint density at radius 2 is 2.04 bits per heavy atom. The molecule has 2 aliphatic rings. The molecule has 1 saturated carbocycles. The van der Waals surface area contributed by atoms with Gasteiger partial charge in [0.2, 0.25) is 11.7 Å². The summed E-state index contributed by atoms with van der Waals surface area (Å²) in [5.41, 5.74) is 1.76. The van der Waals surface area contributed by atoms with Gasteiger partial charge in [-0.2, -0.15) is 10.2 Å². The van der Waals surface area contributed by atoms with Crippen LogP contribution in [0.3, 0.4) is 0 Å². The van der Waals surface area contributed by atoms with Gasteiger partial charge < -0.3 is 9.42 Å². The van der Waals surface area contributed by atoms with E-state index in [0.29, 0.717) is 17.3 Å². The van der Waals surface area contributed by atoms with Crippen molar-refractivity contribution in [3.63, 3.8) is 0 Å². The predicted molar refractivity (Wildman–Crippen MR) is 97.7 cm³/mol. The van der Waals surface area contributed by atoms with Crippen molar-refractivity contribution in [3.05, 3.63) is 54.3 Å². The Bertz CT molecular complexity index is 1000. The second-order valence-electron chi connectivity index (χ2n) is 7.29. The highest BCUT2D eigenvalue weighted by atomic mass is 16.5. The fraction of sp³-hybridized carbons (Fsp3) is 0.350. The second-order valence-corrected chi connectivity index (χ2v) is 7.29. The van der Waals surface area contributed by atoms with Gasteiger partial charge in [0.05, 0.1) is 5.56 Å². The summed E-state index contributed by atoms with van der Waals surface area (Å²) in [4.78, 5) is 15.3. The van der Waals surface area contributed by atoms with Crippen LogP contribution >= 0.6 is 0 Å². The van der Waals surface area contributed by atoms with E-state index in [-0.39, 0.29) is 5.41 Å². The van der Waals surface area contributed by atoms with Crippen molar-refractivity contribution in [1.29, 1.82) is 5.26 Å². The fourth-order valence-corrected chi connectivity index (χ4v) is 4.14. The molecule has 27 heavy (non-hydrogen) atoms. The van der Waals surface area contributed by atoms with Crippen LogP contribution in [0.4, 0.5) is 5.82 Å². The average Bonchev–Trinajstić information content (AvgIpc) is 3.20. The first kappa shape index (κ1) is 15.9. The van der Waals surface area contributed by atoms with Crippen LogP contribution in [0.1, 0.15) is 36.6 Å². The lowest BCUT2D eigenvalue weighted by Gasteiger charge is -2.33. The topological polar surface area (TPSA) is 91.7 Å². The SMILES string of the molecule is N#Cc1cccnc1N1CCC2(CC1)CC2c1nc(-c2cccnc2)no1. The molecular formula is C20H18N6O. The zero-order valence-corrected chi connectivity index (χ0v) is 14.7. The lowest BCUT2D eigenvalue weighted by atomic mass is 9.90. The maximum atomic E-state index is 9.30. The first-order chi connectivity index (χ1) is 13.3. The van der Waals surface area contributed by atoms with Crippen molar-refractivity contribution < 1.29 is 4.52 Å². The van der Waals surface area contributed by atoms with Gasteiger partial charge in [-0.1, -0.05) is 5.16 Å². The molecule has 1 aliphatic heterocycles. The molecule has 0 aromatic carbocycles. The third kappa shape index (κ3) is 2.74. The number of anilines is 1. The lowest BCUT2D eigenvalue weighted by Crippen LogP contribution is -2.36. The van der Waals surface area contributed by atoms with Crippen LogP contribution in [0, 0.1) is 16.7 Å². The minimum Gasteiger partial charge on any atom is -0.355 e. The Morgan fingerprint density at radius 3 is 2.81 bits per heavy atom. The number of aromatic nitrogens is 4. The summed E-state index contributed by atoms with van der Waals surface area (Å²) in [6, 6.07) is 9.67. The van der Waals surface area contributed by atoms with Crippen molar-refractivity contribution in [2.24, 2.45) is 5.41 Å². The van der Waals surface area contributed by atoms with Gasteiger partial charge in [-0.05, 0) is 48.9 Å². The highest BCUT2D eigenvalue weighted by Crippen LogP contribution is 2.64. The Morgan fingerprint density at radius 1 is 1.19 bits per heavy atom. The number of piperidine rings is 1. The van der Waals surface area contributed by atoms with E-state index in [1.54, 1.807) is 24.7 Å². The molecule has 3 aromatic rings. The van der Waals surface area contributed by atoms with Gasteiger partial charge in [-0.3, -0.25) is 4.98 Å². The van der Waals surface area contributed by atoms with Gasteiger partial charge in [-0.25, -0.2) is 4.98 Å². The second kappa shape index (κ2) is 6.16. The molecule has 0 amide bonds. The molecule has 0 N–H and O–H groups in total. The Balaban J connectivity index is 1.29. The van der Waals surface area contributed by atoms with Crippen LogP contribution in [0.15, 0.2) is 47.4 Å². The third-order valence-electron chi connectivity index (χ3n) is 5.82. The summed E-state index contributed by atoms with van der Waals surface area (Å²) in [6.45, 7) is 1.79. The van der Waals surface area contributed by atoms with E-state index in [9.17, 15) is 5.26 Å². The first-order valence-electron chi connectivity index (χ1n) is 9.13. The Kier molecular flexibility index (Phi) is 3.64. The summed E-state index contributed by atoms with van der Waals surface area (Å²) in [7, 11) is 0. The van der Waals surface area contributed by atoms with Crippen molar-refractivity contribution in [1.82, 2.24) is 20.1 Å². The molecule has 5 rings (SSSR count). The Labute approximate surface area is 156 Å². The van der Waals surface area contributed by atoms with E-state index in [0.717, 1.165) is 49.6 Å². The highest BCUT2D eigenvalue weighted by Gasteiger charge is 2.58. The van der Waals surface area contributed by atoms with Gasteiger partial charge >= 0.3 is 0 Å². The molecule has 1 spiro atoms. The van der Waals surface area contributed by atoms with Crippen LogP contribution in [0.5, 0.6) is 0 Å². The normalized spacial score (nSPS) is 20.4. The molecule has 1 atom stereocenters. The molecule has 7 heteroatoms. The van der Waals surface area contributed by atoms with Crippen LogP contribution < -0.4 is 4.90 Å². The maximum absolute atomic E-state index is 9.30. The van der Waals surface area contributed by atoms with E-state index in [1.807, 2.05) is 18.2 Å². The van der Waals surface area contributed by atoms with E-state index in [4.69, 9.17) is 4.52 Å². The van der Waals surface area contributed by atoms with E-state index >= 15 is 0 Å². The highest BCUT2D eigenvalue weighted by molar-refractivity contribution is 5.54. The average molecular weight is 358 g/mol. The molecule has 1 saturated heterocycles. The molecule has 7 nitrogen and oxygen atoms in total. The molecular weight excluding hydrogens is 340 g/mol. The van der Waals surface area contributed by atoms with Gasteiger partial charge in [-0.15, -0.1) is 0 Å². The van der Waals surface area contributed by atoms with Gasteiger partial charge in [0.1, 0.15) is 11.9 Å². The number of hydrogen-bond donors (Lipinski definition) is 0.